The van der Waals surface area contributed by atoms with Crippen LogP contribution in [0.15, 0.2) is 45.6 Å². The van der Waals surface area contributed by atoms with Crippen molar-refractivity contribution in [3.05, 3.63) is 36.4 Å². The number of aliphatic hydroxyl groups is 1. The smallest absolute Gasteiger partial charge is 0.258 e. The zero-order chi connectivity index (χ0) is 19.3. The van der Waals surface area contributed by atoms with Gasteiger partial charge in [0.15, 0.2) is 0 Å². The lowest BCUT2D eigenvalue weighted by Crippen LogP contribution is -2.26. The van der Waals surface area contributed by atoms with E-state index in [1.807, 2.05) is 24.3 Å². The Labute approximate surface area is 157 Å². The van der Waals surface area contributed by atoms with Gasteiger partial charge in [0.25, 0.3) is 5.89 Å². The summed E-state index contributed by atoms with van der Waals surface area (Å²) >= 11 is 0. The first-order valence-corrected chi connectivity index (χ1v) is 8.59. The number of benzene rings is 2. The summed E-state index contributed by atoms with van der Waals surface area (Å²) < 4.78 is 11.8. The molecular formula is C18H15N7O3. The molecule has 10 nitrogen and oxygen atoms in total. The van der Waals surface area contributed by atoms with E-state index in [1.165, 1.54) is 0 Å². The molecule has 140 valence electrons. The van der Waals surface area contributed by atoms with Crippen molar-refractivity contribution < 1.29 is 14.3 Å². The maximum absolute atomic E-state index is 10.0. The van der Waals surface area contributed by atoms with Crippen LogP contribution in [0.25, 0.3) is 44.9 Å². The monoisotopic (exact) mass is 377 g/mol. The van der Waals surface area contributed by atoms with E-state index in [2.05, 4.69) is 30.8 Å². The molecule has 0 aliphatic carbocycles. The highest BCUT2D eigenvalue weighted by Crippen LogP contribution is 2.26. The first kappa shape index (κ1) is 16.5. The van der Waals surface area contributed by atoms with Crippen molar-refractivity contribution in [1.29, 1.82) is 0 Å². The largest absolute Gasteiger partial charge is 0.389 e. The molecule has 0 fully saturated rings. The fourth-order valence-electron chi connectivity index (χ4n) is 2.97. The molecular weight excluding hydrogens is 362 g/mol. The van der Waals surface area contributed by atoms with E-state index < -0.39 is 5.60 Å². The van der Waals surface area contributed by atoms with Crippen molar-refractivity contribution in [2.45, 2.75) is 26.0 Å². The highest BCUT2D eigenvalue weighted by Gasteiger charge is 2.18. The van der Waals surface area contributed by atoms with Gasteiger partial charge < -0.3 is 9.63 Å². The van der Waals surface area contributed by atoms with Crippen LogP contribution >= 0.6 is 0 Å². The quantitative estimate of drug-likeness (QED) is 0.502. The molecule has 0 radical (unpaired) electrons. The first-order valence-electron chi connectivity index (χ1n) is 8.59. The third kappa shape index (κ3) is 2.89. The molecule has 5 aromatic rings. The van der Waals surface area contributed by atoms with Gasteiger partial charge in [0, 0.05) is 11.1 Å². The van der Waals surface area contributed by atoms with Gasteiger partial charge in [0.1, 0.15) is 16.6 Å². The molecule has 3 aromatic heterocycles. The number of hydrogen-bond donors (Lipinski definition) is 1. The SMILES string of the molecule is CC(C)(O)Cn1nnc2cc(-c3nc(-c4ccc5nonc5c4)no3)ccc21. The summed E-state index contributed by atoms with van der Waals surface area (Å²) in [5, 5.41) is 29.9. The van der Waals surface area contributed by atoms with Crippen molar-refractivity contribution >= 4 is 22.1 Å². The van der Waals surface area contributed by atoms with Crippen molar-refractivity contribution in [2.75, 3.05) is 0 Å². The molecule has 0 saturated carbocycles. The Morgan fingerprint density at radius 3 is 2.61 bits per heavy atom. The molecule has 2 aromatic carbocycles. The molecule has 0 aliphatic rings. The second kappa shape index (κ2) is 5.92. The zero-order valence-corrected chi connectivity index (χ0v) is 15.1. The Kier molecular flexibility index (Phi) is 3.49. The van der Waals surface area contributed by atoms with Crippen molar-refractivity contribution in [1.82, 2.24) is 35.4 Å². The lowest BCUT2D eigenvalue weighted by atomic mass is 10.1. The summed E-state index contributed by atoms with van der Waals surface area (Å²) in [5.74, 6) is 0.804. The van der Waals surface area contributed by atoms with Crippen LogP contribution in [-0.4, -0.2) is 46.2 Å². The Hall–Kier alpha value is -3.66. The molecule has 3 heterocycles. The zero-order valence-electron chi connectivity index (χ0n) is 15.1. The lowest BCUT2D eigenvalue weighted by molar-refractivity contribution is 0.0585. The maximum Gasteiger partial charge on any atom is 0.258 e. The van der Waals surface area contributed by atoms with Crippen molar-refractivity contribution in [3.63, 3.8) is 0 Å². The van der Waals surface area contributed by atoms with E-state index in [9.17, 15) is 5.11 Å². The van der Waals surface area contributed by atoms with Crippen LogP contribution in [0.1, 0.15) is 13.8 Å². The van der Waals surface area contributed by atoms with E-state index in [-0.39, 0.29) is 0 Å². The molecule has 10 heteroatoms. The second-order valence-corrected chi connectivity index (χ2v) is 7.15. The second-order valence-electron chi connectivity index (χ2n) is 7.15. The third-order valence-corrected chi connectivity index (χ3v) is 4.24. The van der Waals surface area contributed by atoms with Crippen LogP contribution in [0.3, 0.4) is 0 Å². The Bertz CT molecular complexity index is 1300. The predicted octanol–water partition coefficient (Wildman–Crippen LogP) is 2.46. The Balaban J connectivity index is 1.49. The molecule has 1 N–H and O–H groups in total. The minimum Gasteiger partial charge on any atom is -0.389 e. The van der Waals surface area contributed by atoms with Crippen LogP contribution in [0.4, 0.5) is 0 Å². The summed E-state index contributed by atoms with van der Waals surface area (Å²) in [5.41, 5.74) is 3.36. The number of rotatable bonds is 4. The topological polar surface area (TPSA) is 129 Å². The molecule has 0 aliphatic heterocycles. The average Bonchev–Trinajstić information content (AvgIpc) is 3.39. The summed E-state index contributed by atoms with van der Waals surface area (Å²) in [6, 6.07) is 10.9. The first-order chi connectivity index (χ1) is 13.5. The van der Waals surface area contributed by atoms with Gasteiger partial charge in [-0.3, -0.25) is 0 Å². The number of hydrogen-bond acceptors (Lipinski definition) is 9. The Morgan fingerprint density at radius 2 is 1.75 bits per heavy atom. The van der Waals surface area contributed by atoms with Gasteiger partial charge in [-0.2, -0.15) is 4.98 Å². The van der Waals surface area contributed by atoms with Crippen LogP contribution in [0.2, 0.25) is 0 Å². The van der Waals surface area contributed by atoms with Crippen LogP contribution < -0.4 is 0 Å². The minimum atomic E-state index is -0.888. The predicted molar refractivity (Wildman–Crippen MR) is 97.9 cm³/mol. The standard InChI is InChI=1S/C18H15N7O3/c1-18(2,26)9-25-15-6-4-11(8-14(15)20-24-25)17-19-16(23-27-17)10-3-5-12-13(7-10)22-28-21-12/h3-8,26H,9H2,1-2H3. The van der Waals surface area contributed by atoms with Crippen LogP contribution in [0, 0.1) is 0 Å². The number of nitrogens with zero attached hydrogens (tertiary/aromatic N) is 7. The fraction of sp³-hybridized carbons (Fsp3) is 0.222. The van der Waals surface area contributed by atoms with E-state index in [4.69, 9.17) is 9.15 Å². The van der Waals surface area contributed by atoms with Gasteiger partial charge in [0.05, 0.1) is 17.7 Å². The van der Waals surface area contributed by atoms with Gasteiger partial charge in [-0.25, -0.2) is 9.31 Å². The molecule has 0 spiro atoms. The molecule has 0 amide bonds. The highest BCUT2D eigenvalue weighted by atomic mass is 16.6. The van der Waals surface area contributed by atoms with E-state index in [0.29, 0.717) is 34.8 Å². The molecule has 0 atom stereocenters. The summed E-state index contributed by atoms with van der Waals surface area (Å²) in [6.45, 7) is 3.79. The average molecular weight is 377 g/mol. The summed E-state index contributed by atoms with van der Waals surface area (Å²) in [6.07, 6.45) is 0. The van der Waals surface area contributed by atoms with Crippen LogP contribution in [-0.2, 0) is 6.54 Å². The summed E-state index contributed by atoms with van der Waals surface area (Å²) in [4.78, 5) is 4.46. The Morgan fingerprint density at radius 1 is 0.964 bits per heavy atom. The van der Waals surface area contributed by atoms with Gasteiger partial charge in [0.2, 0.25) is 5.82 Å². The van der Waals surface area contributed by atoms with Crippen molar-refractivity contribution in [2.24, 2.45) is 0 Å². The fourth-order valence-corrected chi connectivity index (χ4v) is 2.97. The van der Waals surface area contributed by atoms with E-state index in [0.717, 1.165) is 16.6 Å². The third-order valence-electron chi connectivity index (χ3n) is 4.24. The molecule has 0 unspecified atom stereocenters. The minimum absolute atomic E-state index is 0.340. The lowest BCUT2D eigenvalue weighted by Gasteiger charge is -2.16. The molecule has 0 saturated heterocycles. The van der Waals surface area contributed by atoms with E-state index >= 15 is 0 Å². The molecule has 0 bridgehead atoms. The molecule has 28 heavy (non-hydrogen) atoms. The van der Waals surface area contributed by atoms with Gasteiger partial charge >= 0.3 is 0 Å². The summed E-state index contributed by atoms with van der Waals surface area (Å²) in [7, 11) is 0. The van der Waals surface area contributed by atoms with Crippen LogP contribution in [0.5, 0.6) is 0 Å². The number of fused-ring (bicyclic) bond motifs is 2. The molecule has 5 rings (SSSR count). The number of aromatic nitrogens is 7. The van der Waals surface area contributed by atoms with E-state index in [1.54, 1.807) is 30.7 Å². The maximum atomic E-state index is 10.0. The van der Waals surface area contributed by atoms with Gasteiger partial charge in [-0.05, 0) is 60.6 Å². The normalized spacial score (nSPS) is 12.2. The van der Waals surface area contributed by atoms with Gasteiger partial charge in [-0.1, -0.05) is 10.4 Å². The van der Waals surface area contributed by atoms with Crippen molar-refractivity contribution in [3.8, 4) is 22.8 Å². The van der Waals surface area contributed by atoms with Gasteiger partial charge in [-0.15, -0.1) is 5.10 Å². The highest BCUT2D eigenvalue weighted by molar-refractivity contribution is 5.81.